The van der Waals surface area contributed by atoms with Crippen molar-refractivity contribution in [2.45, 2.75) is 71.3 Å². The topological polar surface area (TPSA) is 47.6 Å². The van der Waals surface area contributed by atoms with E-state index in [4.69, 9.17) is 9.47 Å². The van der Waals surface area contributed by atoms with Gasteiger partial charge in [-0.15, -0.1) is 12.6 Å². The molecule has 0 radical (unpaired) electrons. The van der Waals surface area contributed by atoms with Crippen LogP contribution in [0.3, 0.4) is 0 Å². The fraction of sp³-hybridized carbons (Fsp3) is 0.650. The number of carbonyl (C=O) groups is 1. The molecular formula is C20H33NO3S. The van der Waals surface area contributed by atoms with Crippen LogP contribution in [0.25, 0.3) is 0 Å². The molecule has 0 heterocycles. The van der Waals surface area contributed by atoms with E-state index in [2.05, 4.69) is 31.8 Å². The van der Waals surface area contributed by atoms with Gasteiger partial charge < -0.3 is 14.8 Å². The van der Waals surface area contributed by atoms with Gasteiger partial charge in [-0.3, -0.25) is 4.79 Å². The molecule has 25 heavy (non-hydrogen) atoms. The first-order valence-corrected chi connectivity index (χ1v) is 9.51. The van der Waals surface area contributed by atoms with E-state index in [1.54, 1.807) is 7.11 Å². The maximum absolute atomic E-state index is 11.9. The minimum atomic E-state index is -0.585. The van der Waals surface area contributed by atoms with E-state index in [0.29, 0.717) is 24.5 Å². The number of hydrogen-bond acceptors (Lipinski definition) is 4. The summed E-state index contributed by atoms with van der Waals surface area (Å²) < 4.78 is 11.1. The third kappa shape index (κ3) is 9.63. The molecule has 0 spiro atoms. The lowest BCUT2D eigenvalue weighted by Crippen LogP contribution is -2.22. The minimum absolute atomic E-state index is 0.0975. The van der Waals surface area contributed by atoms with E-state index < -0.39 is 4.93 Å². The molecule has 0 aliphatic rings. The van der Waals surface area contributed by atoms with Crippen molar-refractivity contribution in [1.82, 2.24) is 5.32 Å². The molecule has 1 rings (SSSR count). The summed E-state index contributed by atoms with van der Waals surface area (Å²) in [7, 11) is 1.60. The molecule has 0 aromatic heterocycles. The number of rotatable bonds is 11. The van der Waals surface area contributed by atoms with Gasteiger partial charge in [0, 0.05) is 13.0 Å². The van der Waals surface area contributed by atoms with E-state index >= 15 is 0 Å². The molecule has 0 unspecified atom stereocenters. The van der Waals surface area contributed by atoms with Crippen molar-refractivity contribution in [1.29, 1.82) is 0 Å². The fourth-order valence-electron chi connectivity index (χ4n) is 2.48. The monoisotopic (exact) mass is 367 g/mol. The lowest BCUT2D eigenvalue weighted by molar-refractivity contribution is -0.121. The largest absolute Gasteiger partial charge is 0.493 e. The van der Waals surface area contributed by atoms with E-state index in [1.807, 2.05) is 32.0 Å². The summed E-state index contributed by atoms with van der Waals surface area (Å²) in [6.07, 6.45) is 5.09. The van der Waals surface area contributed by atoms with Crippen molar-refractivity contribution in [2.24, 2.45) is 5.92 Å². The summed E-state index contributed by atoms with van der Waals surface area (Å²) in [5.74, 6) is 2.12. The molecule has 0 saturated heterocycles. The van der Waals surface area contributed by atoms with Gasteiger partial charge in [0.1, 0.15) is 4.93 Å². The lowest BCUT2D eigenvalue weighted by Gasteiger charge is -2.22. The van der Waals surface area contributed by atoms with Crippen LogP contribution in [0, 0.1) is 5.92 Å². The summed E-state index contributed by atoms with van der Waals surface area (Å²) in [6, 6.07) is 5.67. The van der Waals surface area contributed by atoms with Gasteiger partial charge >= 0.3 is 0 Å². The number of thiol groups is 1. The Morgan fingerprint density at radius 1 is 1.20 bits per heavy atom. The molecule has 0 bridgehead atoms. The summed E-state index contributed by atoms with van der Waals surface area (Å²) in [5.41, 5.74) is 0.981. The highest BCUT2D eigenvalue weighted by Gasteiger charge is 2.16. The van der Waals surface area contributed by atoms with Gasteiger partial charge in [-0.2, -0.15) is 0 Å². The van der Waals surface area contributed by atoms with Crippen LogP contribution >= 0.6 is 12.6 Å². The maximum atomic E-state index is 11.9. The lowest BCUT2D eigenvalue weighted by atomic mass is 10.0. The van der Waals surface area contributed by atoms with Crippen molar-refractivity contribution < 1.29 is 14.3 Å². The molecule has 0 atom stereocenters. The Morgan fingerprint density at radius 2 is 1.92 bits per heavy atom. The number of carbonyl (C=O) groups excluding carboxylic acids is 1. The highest BCUT2D eigenvalue weighted by atomic mass is 32.1. The van der Waals surface area contributed by atoms with Crippen molar-refractivity contribution in [2.75, 3.05) is 7.11 Å². The third-order valence-corrected chi connectivity index (χ3v) is 3.85. The zero-order chi connectivity index (χ0) is 18.9. The predicted molar refractivity (Wildman–Crippen MR) is 106 cm³/mol. The Morgan fingerprint density at radius 3 is 2.52 bits per heavy atom. The van der Waals surface area contributed by atoms with Crippen LogP contribution in [0.1, 0.15) is 65.4 Å². The Labute approximate surface area is 158 Å². The zero-order valence-corrected chi connectivity index (χ0v) is 17.1. The SMILES string of the molecule is COc1cc(CNC(=O)CCCCCC(C)C)ccc1OC(C)(C)S. The van der Waals surface area contributed by atoms with Crippen LogP contribution in [0.4, 0.5) is 0 Å². The Bertz CT molecular complexity index is 538. The molecule has 1 N–H and O–H groups in total. The summed E-state index contributed by atoms with van der Waals surface area (Å²) in [6.45, 7) is 8.69. The number of ether oxygens (including phenoxy) is 2. The van der Waals surface area contributed by atoms with Crippen LogP contribution < -0.4 is 14.8 Å². The molecule has 1 amide bonds. The first-order chi connectivity index (χ1) is 11.7. The van der Waals surface area contributed by atoms with E-state index in [0.717, 1.165) is 24.3 Å². The molecular weight excluding hydrogens is 334 g/mol. The predicted octanol–water partition coefficient (Wildman–Crippen LogP) is 4.96. The van der Waals surface area contributed by atoms with Gasteiger partial charge in [0.25, 0.3) is 0 Å². The second-order valence-corrected chi connectivity index (χ2v) is 8.38. The smallest absolute Gasteiger partial charge is 0.220 e. The number of hydrogen-bond donors (Lipinski definition) is 2. The standard InChI is InChI=1S/C20H33NO3S/c1-15(2)9-7-6-8-10-19(22)21-14-16-11-12-17(18(13-16)23-5)24-20(3,4)25/h11-13,15,25H,6-10,14H2,1-5H3,(H,21,22). The van der Waals surface area contributed by atoms with Gasteiger partial charge in [0.15, 0.2) is 11.5 Å². The average molecular weight is 368 g/mol. The molecule has 4 nitrogen and oxygen atoms in total. The average Bonchev–Trinajstić information content (AvgIpc) is 2.51. The van der Waals surface area contributed by atoms with E-state index in [1.165, 1.54) is 12.8 Å². The molecule has 0 aliphatic carbocycles. The molecule has 1 aromatic rings. The number of methoxy groups -OCH3 is 1. The molecule has 5 heteroatoms. The minimum Gasteiger partial charge on any atom is -0.493 e. The molecule has 0 fully saturated rings. The highest BCUT2D eigenvalue weighted by molar-refractivity contribution is 7.81. The summed E-state index contributed by atoms with van der Waals surface area (Å²) in [5, 5.41) is 2.97. The number of nitrogens with one attached hydrogen (secondary N) is 1. The summed E-state index contributed by atoms with van der Waals surface area (Å²) in [4.78, 5) is 11.4. The quantitative estimate of drug-likeness (QED) is 0.330. The Hall–Kier alpha value is -1.36. The number of benzene rings is 1. The van der Waals surface area contributed by atoms with Gasteiger partial charge in [0.2, 0.25) is 5.91 Å². The van der Waals surface area contributed by atoms with Crippen molar-refractivity contribution >= 4 is 18.5 Å². The molecule has 0 aliphatic heterocycles. The van der Waals surface area contributed by atoms with Crippen LogP contribution in [0.2, 0.25) is 0 Å². The Kier molecular flexibility index (Phi) is 9.19. The van der Waals surface area contributed by atoms with Gasteiger partial charge in [-0.05, 0) is 43.9 Å². The maximum Gasteiger partial charge on any atom is 0.220 e. The van der Waals surface area contributed by atoms with Gasteiger partial charge in [0.05, 0.1) is 7.11 Å². The first-order valence-electron chi connectivity index (χ1n) is 9.06. The second-order valence-electron chi connectivity index (χ2n) is 7.30. The summed E-state index contributed by atoms with van der Waals surface area (Å²) >= 11 is 4.37. The molecule has 142 valence electrons. The molecule has 0 saturated carbocycles. The van der Waals surface area contributed by atoms with Crippen LogP contribution in [0.5, 0.6) is 11.5 Å². The molecule has 1 aromatic carbocycles. The zero-order valence-electron chi connectivity index (χ0n) is 16.2. The van der Waals surface area contributed by atoms with E-state index in [-0.39, 0.29) is 5.91 Å². The van der Waals surface area contributed by atoms with Crippen LogP contribution in [-0.2, 0) is 11.3 Å². The number of amides is 1. The normalized spacial score (nSPS) is 11.5. The number of unbranched alkanes of at least 4 members (excludes halogenated alkanes) is 2. The van der Waals surface area contributed by atoms with Crippen LogP contribution in [0.15, 0.2) is 18.2 Å². The fourth-order valence-corrected chi connectivity index (χ4v) is 2.58. The van der Waals surface area contributed by atoms with Crippen molar-refractivity contribution in [3.63, 3.8) is 0 Å². The van der Waals surface area contributed by atoms with E-state index in [9.17, 15) is 4.79 Å². The second kappa shape index (κ2) is 10.6. The highest BCUT2D eigenvalue weighted by Crippen LogP contribution is 2.32. The Balaban J connectivity index is 2.42. The third-order valence-electron chi connectivity index (χ3n) is 3.76. The van der Waals surface area contributed by atoms with Crippen molar-refractivity contribution in [3.8, 4) is 11.5 Å². The van der Waals surface area contributed by atoms with Gasteiger partial charge in [-0.25, -0.2) is 0 Å². The van der Waals surface area contributed by atoms with Crippen molar-refractivity contribution in [3.05, 3.63) is 23.8 Å². The van der Waals surface area contributed by atoms with Crippen LogP contribution in [-0.4, -0.2) is 18.0 Å². The first kappa shape index (κ1) is 21.7. The van der Waals surface area contributed by atoms with Gasteiger partial charge in [-0.1, -0.05) is 39.2 Å².